The molecule has 0 saturated carbocycles. The Kier molecular flexibility index (Phi) is 5.55. The summed E-state index contributed by atoms with van der Waals surface area (Å²) in [5.74, 6) is 0. The van der Waals surface area contributed by atoms with Crippen LogP contribution in [0.5, 0.6) is 0 Å². The van der Waals surface area contributed by atoms with Gasteiger partial charge in [-0.2, -0.15) is 0 Å². The third kappa shape index (κ3) is 6.03. The summed E-state index contributed by atoms with van der Waals surface area (Å²) in [6.45, 7) is 10.6. The second kappa shape index (κ2) is 6.35. The van der Waals surface area contributed by atoms with Crippen molar-refractivity contribution in [1.82, 2.24) is 10.0 Å². The van der Waals surface area contributed by atoms with E-state index in [1.165, 1.54) is 11.3 Å². The number of nitrogens with one attached hydrogen (secondary N) is 2. The minimum absolute atomic E-state index is 0.391. The third-order valence-corrected chi connectivity index (χ3v) is 5.66. The summed E-state index contributed by atoms with van der Waals surface area (Å²) >= 11 is 1.34. The van der Waals surface area contributed by atoms with Crippen molar-refractivity contribution >= 4 is 21.4 Å². The molecule has 0 aliphatic heterocycles. The van der Waals surface area contributed by atoms with Crippen molar-refractivity contribution in [2.75, 3.05) is 6.54 Å². The molecule has 0 aromatic carbocycles. The van der Waals surface area contributed by atoms with Crippen molar-refractivity contribution in [3.63, 3.8) is 0 Å². The normalized spacial score (nSPS) is 13.2. The van der Waals surface area contributed by atoms with Gasteiger partial charge in [-0.05, 0) is 39.3 Å². The van der Waals surface area contributed by atoms with Crippen LogP contribution in [0.4, 0.5) is 0 Å². The van der Waals surface area contributed by atoms with Crippen molar-refractivity contribution in [2.24, 2.45) is 0 Å². The highest BCUT2D eigenvalue weighted by Crippen LogP contribution is 2.23. The molecule has 1 aromatic rings. The quantitative estimate of drug-likeness (QED) is 0.848. The predicted octanol–water partition coefficient (Wildman–Crippen LogP) is 2.37. The van der Waals surface area contributed by atoms with Crippen LogP contribution in [0, 0.1) is 0 Å². The Morgan fingerprint density at radius 3 is 2.42 bits per heavy atom. The lowest BCUT2D eigenvalue weighted by atomic mass is 10.1. The lowest BCUT2D eigenvalue weighted by Gasteiger charge is -2.19. The van der Waals surface area contributed by atoms with Gasteiger partial charge in [-0.25, -0.2) is 13.1 Å². The summed E-state index contributed by atoms with van der Waals surface area (Å²) in [5.41, 5.74) is -0.456. The van der Waals surface area contributed by atoms with E-state index in [0.29, 0.717) is 10.3 Å². The fraction of sp³-hybridized carbons (Fsp3) is 0.692. The molecule has 0 atom stereocenters. The van der Waals surface area contributed by atoms with Crippen LogP contribution >= 0.6 is 11.3 Å². The van der Waals surface area contributed by atoms with Crippen molar-refractivity contribution in [3.8, 4) is 0 Å². The van der Waals surface area contributed by atoms with Crippen LogP contribution in [0.25, 0.3) is 0 Å². The molecule has 0 spiro atoms. The van der Waals surface area contributed by atoms with Crippen molar-refractivity contribution < 1.29 is 8.42 Å². The lowest BCUT2D eigenvalue weighted by molar-refractivity contribution is 0.492. The first-order valence-electron chi connectivity index (χ1n) is 6.46. The van der Waals surface area contributed by atoms with E-state index in [4.69, 9.17) is 0 Å². The molecule has 0 aliphatic carbocycles. The molecular weight excluding hydrogens is 280 g/mol. The third-order valence-electron chi connectivity index (χ3n) is 2.27. The average molecular weight is 304 g/mol. The van der Waals surface area contributed by atoms with E-state index in [2.05, 4.69) is 23.9 Å². The van der Waals surface area contributed by atoms with Gasteiger partial charge < -0.3 is 5.32 Å². The number of rotatable bonds is 6. The number of hydrogen-bond donors (Lipinski definition) is 2. The Balaban J connectivity index is 2.68. The molecular formula is C13H24N2O2S2. The highest BCUT2D eigenvalue weighted by Gasteiger charge is 2.23. The summed E-state index contributed by atoms with van der Waals surface area (Å²) in [4.78, 5) is 1.09. The lowest BCUT2D eigenvalue weighted by Crippen LogP contribution is -2.40. The molecule has 2 N–H and O–H groups in total. The Morgan fingerprint density at radius 1 is 1.26 bits per heavy atom. The van der Waals surface area contributed by atoms with Gasteiger partial charge >= 0.3 is 0 Å². The molecule has 0 unspecified atom stereocenters. The predicted molar refractivity (Wildman–Crippen MR) is 81.2 cm³/mol. The Hall–Kier alpha value is -0.430. The SMILES string of the molecule is CC(C)NCCc1ccc(S(=O)(=O)NC(C)(C)C)s1. The fourth-order valence-corrected chi connectivity index (χ4v) is 4.35. The molecule has 0 bridgehead atoms. The first kappa shape index (κ1) is 16.6. The van der Waals surface area contributed by atoms with Crippen molar-refractivity contribution in [2.45, 2.75) is 56.8 Å². The Bertz CT molecular complexity index is 499. The van der Waals surface area contributed by atoms with E-state index in [1.54, 1.807) is 6.07 Å². The molecule has 0 fully saturated rings. The maximum atomic E-state index is 12.1. The van der Waals surface area contributed by atoms with E-state index >= 15 is 0 Å². The molecule has 19 heavy (non-hydrogen) atoms. The second-order valence-corrected chi connectivity index (χ2v) is 9.01. The molecule has 0 amide bonds. The van der Waals surface area contributed by atoms with Gasteiger partial charge in [0.2, 0.25) is 0 Å². The molecule has 4 nitrogen and oxygen atoms in total. The minimum atomic E-state index is -3.39. The standard InChI is InChI=1S/C13H24N2O2S2/c1-10(2)14-9-8-11-6-7-12(18-11)19(16,17)15-13(3,4)5/h6-7,10,14-15H,8-9H2,1-5H3. The minimum Gasteiger partial charge on any atom is -0.314 e. The van der Waals surface area contributed by atoms with Gasteiger partial charge in [0.1, 0.15) is 4.21 Å². The molecule has 1 heterocycles. The summed E-state index contributed by atoms with van der Waals surface area (Å²) < 4.78 is 27.3. The maximum absolute atomic E-state index is 12.1. The second-order valence-electron chi connectivity index (χ2n) is 5.94. The van der Waals surface area contributed by atoms with Gasteiger partial charge in [-0.15, -0.1) is 11.3 Å². The van der Waals surface area contributed by atoms with E-state index in [9.17, 15) is 8.42 Å². The molecule has 6 heteroatoms. The Morgan fingerprint density at radius 2 is 1.89 bits per heavy atom. The molecule has 1 aromatic heterocycles. The summed E-state index contributed by atoms with van der Waals surface area (Å²) in [6, 6.07) is 4.03. The van der Waals surface area contributed by atoms with Crippen LogP contribution in [-0.4, -0.2) is 26.5 Å². The molecule has 0 radical (unpaired) electrons. The molecule has 1 rings (SSSR count). The van der Waals surface area contributed by atoms with Crippen LogP contribution < -0.4 is 10.0 Å². The van der Waals surface area contributed by atoms with Gasteiger partial charge in [0.05, 0.1) is 0 Å². The van der Waals surface area contributed by atoms with Crippen molar-refractivity contribution in [3.05, 3.63) is 17.0 Å². The highest BCUT2D eigenvalue weighted by atomic mass is 32.2. The monoisotopic (exact) mass is 304 g/mol. The number of thiophene rings is 1. The van der Waals surface area contributed by atoms with Crippen LogP contribution in [-0.2, 0) is 16.4 Å². The van der Waals surface area contributed by atoms with Crippen LogP contribution in [0.2, 0.25) is 0 Å². The van der Waals surface area contributed by atoms with Gasteiger partial charge in [-0.3, -0.25) is 0 Å². The zero-order chi connectivity index (χ0) is 14.7. The summed E-state index contributed by atoms with van der Waals surface area (Å²) in [5, 5.41) is 3.32. The first-order valence-corrected chi connectivity index (χ1v) is 8.76. The topological polar surface area (TPSA) is 58.2 Å². The van der Waals surface area contributed by atoms with E-state index in [0.717, 1.165) is 17.8 Å². The number of sulfonamides is 1. The zero-order valence-corrected chi connectivity index (χ0v) is 13.9. The molecule has 110 valence electrons. The first-order chi connectivity index (χ1) is 8.60. The average Bonchev–Trinajstić information content (AvgIpc) is 2.62. The van der Waals surface area contributed by atoms with Gasteiger partial charge in [-0.1, -0.05) is 13.8 Å². The largest absolute Gasteiger partial charge is 0.314 e. The van der Waals surface area contributed by atoms with E-state index in [-0.39, 0.29) is 0 Å². The van der Waals surface area contributed by atoms with E-state index < -0.39 is 15.6 Å². The fourth-order valence-electron chi connectivity index (χ4n) is 1.57. The summed E-state index contributed by atoms with van der Waals surface area (Å²) in [7, 11) is -3.39. The van der Waals surface area contributed by atoms with Gasteiger partial charge in [0.15, 0.2) is 0 Å². The number of hydrogen-bond acceptors (Lipinski definition) is 4. The van der Waals surface area contributed by atoms with Gasteiger partial charge in [0.25, 0.3) is 10.0 Å². The van der Waals surface area contributed by atoms with Crippen LogP contribution in [0.1, 0.15) is 39.5 Å². The van der Waals surface area contributed by atoms with Gasteiger partial charge in [0, 0.05) is 23.0 Å². The van der Waals surface area contributed by atoms with Crippen LogP contribution in [0.3, 0.4) is 0 Å². The molecule has 0 aliphatic rings. The van der Waals surface area contributed by atoms with E-state index in [1.807, 2.05) is 26.8 Å². The maximum Gasteiger partial charge on any atom is 0.250 e. The summed E-state index contributed by atoms with van der Waals surface area (Å²) in [6.07, 6.45) is 0.855. The zero-order valence-electron chi connectivity index (χ0n) is 12.3. The van der Waals surface area contributed by atoms with Crippen LogP contribution in [0.15, 0.2) is 16.3 Å². The molecule has 0 saturated heterocycles. The smallest absolute Gasteiger partial charge is 0.250 e. The van der Waals surface area contributed by atoms with Crippen molar-refractivity contribution in [1.29, 1.82) is 0 Å². The Labute approximate surface area is 120 Å². The highest BCUT2D eigenvalue weighted by molar-refractivity contribution is 7.91.